The van der Waals surface area contributed by atoms with E-state index >= 15 is 0 Å². The molecule has 8 heteroatoms. The predicted octanol–water partition coefficient (Wildman–Crippen LogP) is 3.66. The van der Waals surface area contributed by atoms with Gasteiger partial charge in [-0.25, -0.2) is 4.39 Å². The highest BCUT2D eigenvalue weighted by molar-refractivity contribution is 6.06. The number of fused-ring (bicyclic) bond motifs is 1. The molecule has 4 N–H and O–H groups in total. The van der Waals surface area contributed by atoms with Crippen molar-refractivity contribution >= 4 is 22.6 Å². The maximum atomic E-state index is 13.5. The van der Waals surface area contributed by atoms with Crippen LogP contribution in [0.2, 0.25) is 0 Å². The lowest BCUT2D eigenvalue weighted by atomic mass is 9.96. The maximum Gasteiger partial charge on any atom is 0.387 e. The van der Waals surface area contributed by atoms with Gasteiger partial charge in [0.05, 0.1) is 0 Å². The predicted molar refractivity (Wildman–Crippen MR) is 96.1 cm³/mol. The summed E-state index contributed by atoms with van der Waals surface area (Å²) in [7, 11) is 0. The van der Waals surface area contributed by atoms with E-state index in [4.69, 9.17) is 11.5 Å². The van der Waals surface area contributed by atoms with E-state index in [1.54, 1.807) is 30.3 Å². The van der Waals surface area contributed by atoms with E-state index in [1.807, 2.05) is 0 Å². The molecule has 0 aliphatic rings. The standard InChI is InChI=1S/C19H14F3N3O2/c20-12-6-7-14(16(9-12)27-18(21)22)13-3-1-2-10-4-5-11(8-15(10)13)17(26)25-19(23)24/h1-9,18H,(H4,23,24,25,26). The minimum absolute atomic E-state index is 0.210. The number of hydrogen-bond acceptors (Lipinski definition) is 2. The van der Waals surface area contributed by atoms with Crippen molar-refractivity contribution in [1.82, 2.24) is 0 Å². The lowest BCUT2D eigenvalue weighted by molar-refractivity contribution is -0.0495. The summed E-state index contributed by atoms with van der Waals surface area (Å²) >= 11 is 0. The lowest BCUT2D eigenvalue weighted by Gasteiger charge is -2.13. The number of alkyl halides is 2. The van der Waals surface area contributed by atoms with Crippen molar-refractivity contribution in [2.24, 2.45) is 16.5 Å². The van der Waals surface area contributed by atoms with Crippen LogP contribution in [-0.2, 0) is 0 Å². The summed E-state index contributed by atoms with van der Waals surface area (Å²) in [4.78, 5) is 15.6. The molecule has 0 bridgehead atoms. The Bertz CT molecular complexity index is 1050. The topological polar surface area (TPSA) is 90.7 Å². The van der Waals surface area contributed by atoms with Crippen LogP contribution in [0.15, 0.2) is 59.6 Å². The Morgan fingerprint density at radius 2 is 1.78 bits per heavy atom. The SMILES string of the molecule is NC(N)=NC(=O)c1ccc2cccc(-c3ccc(F)cc3OC(F)F)c2c1. The summed E-state index contributed by atoms with van der Waals surface area (Å²) in [5, 5.41) is 1.31. The number of guanidine groups is 1. The van der Waals surface area contributed by atoms with Crippen LogP contribution < -0.4 is 16.2 Å². The normalized spacial score (nSPS) is 10.8. The number of aliphatic imine (C=N–C) groups is 1. The second kappa shape index (κ2) is 7.36. The van der Waals surface area contributed by atoms with Gasteiger partial charge in [0.25, 0.3) is 5.91 Å². The average molecular weight is 373 g/mol. The zero-order chi connectivity index (χ0) is 19.6. The van der Waals surface area contributed by atoms with Gasteiger partial charge in [0.2, 0.25) is 0 Å². The first-order valence-corrected chi connectivity index (χ1v) is 7.76. The highest BCUT2D eigenvalue weighted by Gasteiger charge is 2.15. The second-order valence-corrected chi connectivity index (χ2v) is 5.60. The largest absolute Gasteiger partial charge is 0.434 e. The van der Waals surface area contributed by atoms with Crippen LogP contribution >= 0.6 is 0 Å². The number of benzene rings is 3. The molecule has 5 nitrogen and oxygen atoms in total. The molecule has 0 spiro atoms. The highest BCUT2D eigenvalue weighted by Crippen LogP contribution is 2.36. The number of carbonyl (C=O) groups excluding carboxylic acids is 1. The fourth-order valence-corrected chi connectivity index (χ4v) is 2.73. The Morgan fingerprint density at radius 3 is 2.48 bits per heavy atom. The molecule has 3 aromatic carbocycles. The molecule has 1 amide bonds. The van der Waals surface area contributed by atoms with E-state index in [-0.39, 0.29) is 22.8 Å². The first-order chi connectivity index (χ1) is 12.8. The van der Waals surface area contributed by atoms with Crippen LogP contribution in [0.1, 0.15) is 10.4 Å². The van der Waals surface area contributed by atoms with Gasteiger partial charge in [-0.2, -0.15) is 13.8 Å². The number of carbonyl (C=O) groups is 1. The van der Waals surface area contributed by atoms with Gasteiger partial charge in [-0.1, -0.05) is 24.3 Å². The Labute approximate surface area is 152 Å². The third-order valence-electron chi connectivity index (χ3n) is 3.81. The summed E-state index contributed by atoms with van der Waals surface area (Å²) in [5.74, 6) is -2.04. The third-order valence-corrected chi connectivity index (χ3v) is 3.81. The molecule has 3 aromatic rings. The van der Waals surface area contributed by atoms with Gasteiger partial charge in [0, 0.05) is 17.2 Å². The fraction of sp³-hybridized carbons (Fsp3) is 0.0526. The van der Waals surface area contributed by atoms with E-state index in [9.17, 15) is 18.0 Å². The van der Waals surface area contributed by atoms with Crippen molar-refractivity contribution in [1.29, 1.82) is 0 Å². The summed E-state index contributed by atoms with van der Waals surface area (Å²) in [5.41, 5.74) is 11.4. The van der Waals surface area contributed by atoms with Crippen LogP contribution in [0.25, 0.3) is 21.9 Å². The van der Waals surface area contributed by atoms with Crippen molar-refractivity contribution in [3.8, 4) is 16.9 Å². The number of hydrogen-bond donors (Lipinski definition) is 2. The first kappa shape index (κ1) is 18.2. The monoisotopic (exact) mass is 373 g/mol. The number of nitrogens with zero attached hydrogens (tertiary/aromatic N) is 1. The molecule has 0 heterocycles. The maximum absolute atomic E-state index is 13.5. The second-order valence-electron chi connectivity index (χ2n) is 5.60. The third kappa shape index (κ3) is 4.00. The van der Waals surface area contributed by atoms with E-state index in [0.717, 1.165) is 17.5 Å². The molecule has 0 fully saturated rings. The van der Waals surface area contributed by atoms with Crippen LogP contribution in [0, 0.1) is 5.82 Å². The number of ether oxygens (including phenoxy) is 1. The smallest absolute Gasteiger partial charge is 0.387 e. The van der Waals surface area contributed by atoms with Crippen LogP contribution in [0.5, 0.6) is 5.75 Å². The van der Waals surface area contributed by atoms with Gasteiger partial charge >= 0.3 is 6.61 Å². The van der Waals surface area contributed by atoms with E-state index in [2.05, 4.69) is 9.73 Å². The summed E-state index contributed by atoms with van der Waals surface area (Å²) in [6.45, 7) is -3.11. The molecule has 0 saturated carbocycles. The van der Waals surface area contributed by atoms with E-state index in [1.165, 1.54) is 12.1 Å². The van der Waals surface area contributed by atoms with Gasteiger partial charge < -0.3 is 16.2 Å². The molecule has 0 unspecified atom stereocenters. The van der Waals surface area contributed by atoms with Crippen molar-refractivity contribution < 1.29 is 22.7 Å². The van der Waals surface area contributed by atoms with Gasteiger partial charge in [-0.05, 0) is 40.6 Å². The Morgan fingerprint density at radius 1 is 1.00 bits per heavy atom. The van der Waals surface area contributed by atoms with E-state index < -0.39 is 18.3 Å². The molecule has 138 valence electrons. The molecule has 0 aliphatic heterocycles. The average Bonchev–Trinajstić information content (AvgIpc) is 2.60. The van der Waals surface area contributed by atoms with Crippen LogP contribution in [0.3, 0.4) is 0 Å². The molecule has 0 aromatic heterocycles. The van der Waals surface area contributed by atoms with Gasteiger partial charge in [0.15, 0.2) is 5.96 Å². The molecule has 0 saturated heterocycles. The number of nitrogens with two attached hydrogens (primary N) is 2. The molecule has 0 aliphatic carbocycles. The van der Waals surface area contributed by atoms with Crippen molar-refractivity contribution in [2.45, 2.75) is 6.61 Å². The van der Waals surface area contributed by atoms with Crippen LogP contribution in [0.4, 0.5) is 13.2 Å². The fourth-order valence-electron chi connectivity index (χ4n) is 2.73. The zero-order valence-corrected chi connectivity index (χ0v) is 13.8. The van der Waals surface area contributed by atoms with Crippen molar-refractivity contribution in [2.75, 3.05) is 0 Å². The number of rotatable bonds is 4. The van der Waals surface area contributed by atoms with Gasteiger partial charge in [-0.3, -0.25) is 4.79 Å². The molecular weight excluding hydrogens is 359 g/mol. The summed E-state index contributed by atoms with van der Waals surface area (Å²) < 4.78 is 43.4. The Balaban J connectivity index is 2.21. The molecule has 0 radical (unpaired) electrons. The lowest BCUT2D eigenvalue weighted by Crippen LogP contribution is -2.24. The molecule has 27 heavy (non-hydrogen) atoms. The Kier molecular flexibility index (Phi) is 4.98. The molecule has 3 rings (SSSR count). The molecular formula is C19H14F3N3O2. The zero-order valence-electron chi connectivity index (χ0n) is 13.8. The number of amides is 1. The van der Waals surface area contributed by atoms with E-state index in [0.29, 0.717) is 10.9 Å². The highest BCUT2D eigenvalue weighted by atomic mass is 19.3. The van der Waals surface area contributed by atoms with Gasteiger partial charge in [0.1, 0.15) is 11.6 Å². The molecule has 0 atom stereocenters. The summed E-state index contributed by atoms with van der Waals surface area (Å²) in [6, 6.07) is 13.3. The Hall–Kier alpha value is -3.55. The number of halogens is 3. The minimum atomic E-state index is -3.11. The minimum Gasteiger partial charge on any atom is -0.434 e. The van der Waals surface area contributed by atoms with Crippen LogP contribution in [-0.4, -0.2) is 18.5 Å². The first-order valence-electron chi connectivity index (χ1n) is 7.76. The van der Waals surface area contributed by atoms with Crippen molar-refractivity contribution in [3.63, 3.8) is 0 Å². The summed E-state index contributed by atoms with van der Waals surface area (Å²) in [6.07, 6.45) is 0. The van der Waals surface area contributed by atoms with Gasteiger partial charge in [-0.15, -0.1) is 0 Å². The van der Waals surface area contributed by atoms with Crippen molar-refractivity contribution in [3.05, 3.63) is 66.0 Å². The quantitative estimate of drug-likeness (QED) is 0.539.